The Morgan fingerprint density at radius 3 is 1.72 bits per heavy atom. The summed E-state index contributed by atoms with van der Waals surface area (Å²) in [6, 6.07) is 18.1. The Balaban J connectivity index is 1.86. The maximum atomic E-state index is 12.1. The second-order valence-electron chi connectivity index (χ2n) is 5.29. The van der Waals surface area contributed by atoms with E-state index < -0.39 is 24.1 Å². The highest BCUT2D eigenvalue weighted by molar-refractivity contribution is 5.85. The summed E-state index contributed by atoms with van der Waals surface area (Å²) in [7, 11) is 1.21. The molecule has 2 rings (SSSR count). The normalized spacial score (nSPS) is 12.9. The van der Waals surface area contributed by atoms with Crippen LogP contribution >= 0.6 is 0 Å². The number of ether oxygens (including phenoxy) is 3. The van der Waals surface area contributed by atoms with Gasteiger partial charge in [0, 0.05) is 7.11 Å². The number of benzene rings is 2. The molecule has 0 aliphatic rings. The van der Waals surface area contributed by atoms with Gasteiger partial charge in [-0.2, -0.15) is 0 Å². The largest absolute Gasteiger partial charge is 0.459 e. The lowest BCUT2D eigenvalue weighted by atomic mass is 10.2. The van der Waals surface area contributed by atoms with Crippen molar-refractivity contribution in [2.45, 2.75) is 25.4 Å². The van der Waals surface area contributed by atoms with Crippen molar-refractivity contribution in [2.24, 2.45) is 0 Å². The molecule has 132 valence electrons. The molecule has 0 radical (unpaired) electrons. The molecule has 0 spiro atoms. The molecule has 0 bridgehead atoms. The van der Waals surface area contributed by atoms with Crippen molar-refractivity contribution in [1.29, 1.82) is 0 Å². The second-order valence-corrected chi connectivity index (χ2v) is 5.29. The van der Waals surface area contributed by atoms with E-state index in [4.69, 9.17) is 14.2 Å². The number of esters is 2. The van der Waals surface area contributed by atoms with Gasteiger partial charge >= 0.3 is 11.9 Å². The maximum absolute atomic E-state index is 12.1. The van der Waals surface area contributed by atoms with Gasteiger partial charge in [0.15, 0.2) is 12.2 Å². The lowest BCUT2D eigenvalue weighted by molar-refractivity contribution is -0.177. The van der Waals surface area contributed by atoms with E-state index in [0.29, 0.717) is 0 Å². The number of aliphatic hydroxyl groups excluding tert-OH is 1. The van der Waals surface area contributed by atoms with Gasteiger partial charge < -0.3 is 19.3 Å². The molecule has 2 aromatic rings. The molecule has 1 N–H and O–H groups in total. The van der Waals surface area contributed by atoms with Gasteiger partial charge in [0.2, 0.25) is 0 Å². The summed E-state index contributed by atoms with van der Waals surface area (Å²) in [6.45, 7) is 0.0115. The lowest BCUT2D eigenvalue weighted by Crippen LogP contribution is -2.43. The predicted octanol–water partition coefficient (Wildman–Crippen LogP) is 1.85. The van der Waals surface area contributed by atoms with Gasteiger partial charge in [0.1, 0.15) is 13.2 Å². The zero-order chi connectivity index (χ0) is 18.1. The van der Waals surface area contributed by atoms with Gasteiger partial charge in [-0.25, -0.2) is 9.59 Å². The highest BCUT2D eigenvalue weighted by Crippen LogP contribution is 2.09. The molecule has 0 aliphatic carbocycles. The molecule has 6 heteroatoms. The summed E-state index contributed by atoms with van der Waals surface area (Å²) >= 11 is 0. The molecule has 0 saturated heterocycles. The predicted molar refractivity (Wildman–Crippen MR) is 89.3 cm³/mol. The fourth-order valence-corrected chi connectivity index (χ4v) is 2.10. The molecule has 0 aliphatic heterocycles. The maximum Gasteiger partial charge on any atom is 0.338 e. The van der Waals surface area contributed by atoms with Gasteiger partial charge in [0.05, 0.1) is 0 Å². The first-order valence-corrected chi connectivity index (χ1v) is 7.74. The number of aliphatic hydroxyl groups is 1. The number of carbonyl (C=O) groups is 2. The molecule has 0 saturated carbocycles. The van der Waals surface area contributed by atoms with Gasteiger partial charge in [-0.05, 0) is 11.1 Å². The third-order valence-electron chi connectivity index (χ3n) is 3.46. The molecule has 0 aromatic heterocycles. The summed E-state index contributed by atoms with van der Waals surface area (Å²) in [5.74, 6) is -1.79. The number of hydrogen-bond donors (Lipinski definition) is 1. The quantitative estimate of drug-likeness (QED) is 0.736. The summed E-state index contributed by atoms with van der Waals surface area (Å²) in [5, 5.41) is 10.0. The second kappa shape index (κ2) is 9.56. The van der Waals surface area contributed by atoms with Crippen molar-refractivity contribution >= 4 is 11.9 Å². The summed E-state index contributed by atoms with van der Waals surface area (Å²) in [6.07, 6.45) is -3.22. The fourth-order valence-electron chi connectivity index (χ4n) is 2.10. The Morgan fingerprint density at radius 1 is 0.840 bits per heavy atom. The summed E-state index contributed by atoms with van der Waals surface area (Å²) < 4.78 is 15.0. The minimum Gasteiger partial charge on any atom is -0.459 e. The minimum absolute atomic E-state index is 0.00771. The van der Waals surface area contributed by atoms with Gasteiger partial charge in [-0.3, -0.25) is 0 Å². The SMILES string of the molecule is COC(C(=O)OCc1ccccc1)C(O)C(=O)OCc1ccccc1. The average Bonchev–Trinajstić information content (AvgIpc) is 2.66. The van der Waals surface area contributed by atoms with Crippen molar-refractivity contribution in [3.63, 3.8) is 0 Å². The van der Waals surface area contributed by atoms with Crippen LogP contribution in [0.4, 0.5) is 0 Å². The van der Waals surface area contributed by atoms with Crippen molar-refractivity contribution < 1.29 is 28.9 Å². The van der Waals surface area contributed by atoms with E-state index in [1.54, 1.807) is 36.4 Å². The van der Waals surface area contributed by atoms with Crippen LogP contribution in [0.1, 0.15) is 11.1 Å². The van der Waals surface area contributed by atoms with E-state index in [1.165, 1.54) is 7.11 Å². The van der Waals surface area contributed by atoms with Gasteiger partial charge in [-0.1, -0.05) is 60.7 Å². The molecule has 0 heterocycles. The highest BCUT2D eigenvalue weighted by Gasteiger charge is 2.35. The van der Waals surface area contributed by atoms with Crippen LogP contribution in [-0.4, -0.2) is 36.4 Å². The molecular formula is C19H20O6. The Bertz CT molecular complexity index is 671. The third kappa shape index (κ3) is 5.70. The molecule has 6 nitrogen and oxygen atoms in total. The molecule has 25 heavy (non-hydrogen) atoms. The van der Waals surface area contributed by atoms with E-state index in [9.17, 15) is 14.7 Å². The average molecular weight is 344 g/mol. The van der Waals surface area contributed by atoms with Crippen LogP contribution < -0.4 is 0 Å². The monoisotopic (exact) mass is 344 g/mol. The number of methoxy groups -OCH3 is 1. The van der Waals surface area contributed by atoms with Crippen molar-refractivity contribution in [3.8, 4) is 0 Å². The molecular weight excluding hydrogens is 324 g/mol. The minimum atomic E-state index is -1.77. The topological polar surface area (TPSA) is 82.1 Å². The summed E-state index contributed by atoms with van der Waals surface area (Å²) in [5.41, 5.74) is 1.55. The molecule has 2 aromatic carbocycles. The fraction of sp³-hybridized carbons (Fsp3) is 0.263. The van der Waals surface area contributed by atoms with Crippen molar-refractivity contribution in [3.05, 3.63) is 71.8 Å². The van der Waals surface area contributed by atoms with Crippen LogP contribution in [0.3, 0.4) is 0 Å². The smallest absolute Gasteiger partial charge is 0.338 e. The zero-order valence-electron chi connectivity index (χ0n) is 13.8. The van der Waals surface area contributed by atoms with E-state index in [-0.39, 0.29) is 13.2 Å². The molecule has 0 amide bonds. The Morgan fingerprint density at radius 2 is 1.28 bits per heavy atom. The Hall–Kier alpha value is -2.70. The van der Waals surface area contributed by atoms with E-state index >= 15 is 0 Å². The summed E-state index contributed by atoms with van der Waals surface area (Å²) in [4.78, 5) is 24.0. The standard InChI is InChI=1S/C19H20O6/c1-23-17(19(22)25-13-15-10-6-3-7-11-15)16(20)18(21)24-12-14-8-4-2-5-9-14/h2-11,16-17,20H,12-13H2,1H3. The van der Waals surface area contributed by atoms with Crippen LogP contribution in [0.25, 0.3) is 0 Å². The number of rotatable bonds is 8. The highest BCUT2D eigenvalue weighted by atomic mass is 16.6. The molecule has 2 unspecified atom stereocenters. The van der Waals surface area contributed by atoms with E-state index in [0.717, 1.165) is 11.1 Å². The first-order valence-electron chi connectivity index (χ1n) is 7.74. The lowest BCUT2D eigenvalue weighted by Gasteiger charge is -2.19. The molecule has 2 atom stereocenters. The van der Waals surface area contributed by atoms with Crippen LogP contribution in [0.2, 0.25) is 0 Å². The zero-order valence-corrected chi connectivity index (χ0v) is 13.8. The van der Waals surface area contributed by atoms with E-state index in [2.05, 4.69) is 0 Å². The third-order valence-corrected chi connectivity index (χ3v) is 3.46. The Kier molecular flexibility index (Phi) is 7.13. The first kappa shape index (κ1) is 18.6. The molecule has 0 fully saturated rings. The van der Waals surface area contributed by atoms with Crippen LogP contribution in [0.5, 0.6) is 0 Å². The van der Waals surface area contributed by atoms with Crippen LogP contribution in [-0.2, 0) is 37.0 Å². The van der Waals surface area contributed by atoms with Gasteiger partial charge in [-0.15, -0.1) is 0 Å². The van der Waals surface area contributed by atoms with Crippen molar-refractivity contribution in [2.75, 3.05) is 7.11 Å². The van der Waals surface area contributed by atoms with Crippen LogP contribution in [0.15, 0.2) is 60.7 Å². The number of hydrogen-bond acceptors (Lipinski definition) is 6. The van der Waals surface area contributed by atoms with E-state index in [1.807, 2.05) is 24.3 Å². The number of carbonyl (C=O) groups excluding carboxylic acids is 2. The first-order chi connectivity index (χ1) is 12.1. The Labute approximate surface area is 146 Å². The van der Waals surface area contributed by atoms with Gasteiger partial charge in [0.25, 0.3) is 0 Å². The van der Waals surface area contributed by atoms with Crippen LogP contribution in [0, 0.1) is 0 Å². The van der Waals surface area contributed by atoms with Crippen molar-refractivity contribution in [1.82, 2.24) is 0 Å².